The van der Waals surface area contributed by atoms with E-state index in [0.717, 1.165) is 0 Å². The summed E-state index contributed by atoms with van der Waals surface area (Å²) >= 11 is 10.1. The van der Waals surface area contributed by atoms with Crippen LogP contribution in [0, 0.1) is 5.41 Å². The lowest BCUT2D eigenvalue weighted by Gasteiger charge is -2.19. The van der Waals surface area contributed by atoms with Crippen molar-refractivity contribution in [3.05, 3.63) is 0 Å². The maximum atomic E-state index is 11.1. The first kappa shape index (κ1) is 10.5. The Bertz CT molecular complexity index is 277. The quantitative estimate of drug-likeness (QED) is 0.556. The van der Waals surface area contributed by atoms with Crippen LogP contribution in [0.15, 0.2) is 0 Å². The molecule has 5 heteroatoms. The molecule has 1 atom stereocenters. The second-order valence-corrected chi connectivity index (χ2v) is 4.27. The Morgan fingerprint density at radius 2 is 2.31 bits per heavy atom. The molecule has 1 unspecified atom stereocenters. The summed E-state index contributed by atoms with van der Waals surface area (Å²) in [6.07, 6.45) is 0.922. The normalized spacial score (nSPS) is 27.2. The number of esters is 1. The Kier molecular flexibility index (Phi) is 2.98. The van der Waals surface area contributed by atoms with Crippen LogP contribution in [0.2, 0.25) is 0 Å². The van der Waals surface area contributed by atoms with Gasteiger partial charge in [-0.05, 0) is 0 Å². The fraction of sp³-hybridized carbons (Fsp3) is 0.625. The fourth-order valence-electron chi connectivity index (χ4n) is 1.29. The summed E-state index contributed by atoms with van der Waals surface area (Å²) in [5.74, 6) is -0.253. The molecule has 0 aromatic carbocycles. The number of hydrogen-bond acceptors (Lipinski definition) is 4. The van der Waals surface area contributed by atoms with Crippen LogP contribution in [-0.4, -0.2) is 23.1 Å². The van der Waals surface area contributed by atoms with Crippen molar-refractivity contribution in [2.24, 2.45) is 5.41 Å². The van der Waals surface area contributed by atoms with Gasteiger partial charge >= 0.3 is 5.97 Å². The van der Waals surface area contributed by atoms with Gasteiger partial charge in [0, 0.05) is 11.8 Å². The molecule has 1 N–H and O–H groups in total. The molecule has 0 aromatic heterocycles. The number of ether oxygens (including phenoxy) is 1. The van der Waals surface area contributed by atoms with E-state index in [0.29, 0.717) is 16.4 Å². The van der Waals surface area contributed by atoms with E-state index in [1.165, 1.54) is 7.11 Å². The number of thiocarbonyl (C=S) groups is 2. The Balaban J connectivity index is 2.71. The van der Waals surface area contributed by atoms with E-state index in [1.54, 1.807) is 0 Å². The molecule has 13 heavy (non-hydrogen) atoms. The van der Waals surface area contributed by atoms with Crippen LogP contribution < -0.4 is 5.32 Å². The molecule has 0 radical (unpaired) electrons. The molecule has 0 aromatic rings. The third-order valence-electron chi connectivity index (χ3n) is 2.11. The number of hydrogen-bond donors (Lipinski definition) is 1. The second-order valence-electron chi connectivity index (χ2n) is 3.37. The maximum Gasteiger partial charge on any atom is 0.306 e. The lowest BCUT2D eigenvalue weighted by Crippen LogP contribution is -2.29. The highest BCUT2D eigenvalue weighted by Crippen LogP contribution is 2.32. The number of rotatable bonds is 2. The van der Waals surface area contributed by atoms with Gasteiger partial charge in [-0.3, -0.25) is 4.79 Å². The minimum absolute atomic E-state index is 0.253. The molecule has 0 bridgehead atoms. The van der Waals surface area contributed by atoms with Gasteiger partial charge in [0.2, 0.25) is 0 Å². The standard InChI is InChI=1S/C8H11NO2S2/c1-8(4-6(10)11-2)3-5(12)9-7(8)13/h3-4H2,1-2H3,(H,9,12,13). The zero-order valence-electron chi connectivity index (χ0n) is 7.55. The van der Waals surface area contributed by atoms with E-state index in [9.17, 15) is 4.79 Å². The summed E-state index contributed by atoms with van der Waals surface area (Å²) < 4.78 is 4.59. The summed E-state index contributed by atoms with van der Waals surface area (Å²) in [6, 6.07) is 0. The van der Waals surface area contributed by atoms with E-state index in [1.807, 2.05) is 6.92 Å². The maximum absolute atomic E-state index is 11.1. The van der Waals surface area contributed by atoms with Crippen molar-refractivity contribution in [3.63, 3.8) is 0 Å². The first-order valence-corrected chi connectivity index (χ1v) is 4.71. The topological polar surface area (TPSA) is 38.3 Å². The molecule has 1 heterocycles. The molecule has 72 valence electrons. The molecule has 1 aliphatic rings. The van der Waals surface area contributed by atoms with Gasteiger partial charge in [0.05, 0.1) is 23.5 Å². The van der Waals surface area contributed by atoms with Gasteiger partial charge in [-0.2, -0.15) is 0 Å². The molecule has 0 aliphatic carbocycles. The van der Waals surface area contributed by atoms with Gasteiger partial charge in [0.25, 0.3) is 0 Å². The predicted octanol–water partition coefficient (Wildman–Crippen LogP) is 1.20. The van der Waals surface area contributed by atoms with Gasteiger partial charge in [0.15, 0.2) is 0 Å². The lowest BCUT2D eigenvalue weighted by molar-refractivity contribution is -0.142. The smallest absolute Gasteiger partial charge is 0.306 e. The van der Waals surface area contributed by atoms with E-state index in [2.05, 4.69) is 10.1 Å². The Hall–Kier alpha value is -0.550. The summed E-state index contributed by atoms with van der Waals surface area (Å²) in [7, 11) is 1.37. The van der Waals surface area contributed by atoms with Crippen molar-refractivity contribution in [3.8, 4) is 0 Å². The zero-order valence-corrected chi connectivity index (χ0v) is 9.18. The molecular weight excluding hydrogens is 206 g/mol. The van der Waals surface area contributed by atoms with E-state index >= 15 is 0 Å². The highest BCUT2D eigenvalue weighted by molar-refractivity contribution is 7.82. The molecule has 0 saturated carbocycles. The van der Waals surface area contributed by atoms with Gasteiger partial charge in [-0.15, -0.1) is 0 Å². The van der Waals surface area contributed by atoms with Gasteiger partial charge in [0.1, 0.15) is 0 Å². The number of nitrogens with one attached hydrogen (secondary N) is 1. The highest BCUT2D eigenvalue weighted by Gasteiger charge is 2.39. The number of carbonyl (C=O) groups excluding carboxylic acids is 1. The third kappa shape index (κ3) is 2.22. The van der Waals surface area contributed by atoms with Crippen molar-refractivity contribution < 1.29 is 9.53 Å². The van der Waals surface area contributed by atoms with E-state index in [4.69, 9.17) is 24.4 Å². The van der Waals surface area contributed by atoms with Gasteiger partial charge in [-0.25, -0.2) is 0 Å². The molecular formula is C8H11NO2S2. The van der Waals surface area contributed by atoms with E-state index in [-0.39, 0.29) is 17.8 Å². The third-order valence-corrected chi connectivity index (χ3v) is 2.96. The summed E-state index contributed by atoms with van der Waals surface area (Å²) in [5, 5.41) is 2.89. The molecule has 1 fully saturated rings. The first-order chi connectivity index (χ1) is 5.98. The van der Waals surface area contributed by atoms with Crippen LogP contribution in [0.1, 0.15) is 19.8 Å². The Labute approximate surface area is 87.8 Å². The summed E-state index contributed by atoms with van der Waals surface area (Å²) in [6.45, 7) is 1.92. The fourth-order valence-corrected chi connectivity index (χ4v) is 2.04. The largest absolute Gasteiger partial charge is 0.469 e. The van der Waals surface area contributed by atoms with Crippen LogP contribution >= 0.6 is 24.4 Å². The lowest BCUT2D eigenvalue weighted by atomic mass is 9.86. The minimum Gasteiger partial charge on any atom is -0.469 e. The Morgan fingerprint density at radius 1 is 1.69 bits per heavy atom. The Morgan fingerprint density at radius 3 is 2.69 bits per heavy atom. The monoisotopic (exact) mass is 217 g/mol. The number of carbonyl (C=O) groups is 1. The molecule has 0 amide bonds. The predicted molar refractivity (Wildman–Crippen MR) is 57.7 cm³/mol. The summed E-state index contributed by atoms with van der Waals surface area (Å²) in [4.78, 5) is 12.4. The van der Waals surface area contributed by atoms with Crippen LogP contribution in [-0.2, 0) is 9.53 Å². The van der Waals surface area contributed by atoms with Crippen molar-refractivity contribution in [2.45, 2.75) is 19.8 Å². The SMILES string of the molecule is COC(=O)CC1(C)CC(=S)NC1=S. The highest BCUT2D eigenvalue weighted by atomic mass is 32.1. The number of methoxy groups -OCH3 is 1. The van der Waals surface area contributed by atoms with Gasteiger partial charge in [-0.1, -0.05) is 31.4 Å². The molecule has 3 nitrogen and oxygen atoms in total. The van der Waals surface area contributed by atoms with Crippen molar-refractivity contribution in [1.29, 1.82) is 0 Å². The van der Waals surface area contributed by atoms with Crippen LogP contribution in [0.4, 0.5) is 0 Å². The van der Waals surface area contributed by atoms with E-state index < -0.39 is 0 Å². The van der Waals surface area contributed by atoms with Gasteiger partial charge < -0.3 is 10.1 Å². The van der Waals surface area contributed by atoms with Crippen molar-refractivity contribution in [1.82, 2.24) is 5.32 Å². The summed E-state index contributed by atoms with van der Waals surface area (Å²) in [5.41, 5.74) is -0.348. The van der Waals surface area contributed by atoms with Crippen molar-refractivity contribution >= 4 is 40.4 Å². The van der Waals surface area contributed by atoms with Crippen molar-refractivity contribution in [2.75, 3.05) is 7.11 Å². The van der Waals surface area contributed by atoms with Crippen LogP contribution in [0.25, 0.3) is 0 Å². The second kappa shape index (κ2) is 3.67. The molecule has 1 rings (SSSR count). The average molecular weight is 217 g/mol. The minimum atomic E-state index is -0.348. The molecule has 1 aliphatic heterocycles. The first-order valence-electron chi connectivity index (χ1n) is 3.89. The van der Waals surface area contributed by atoms with Crippen LogP contribution in [0.3, 0.4) is 0 Å². The van der Waals surface area contributed by atoms with Crippen LogP contribution in [0.5, 0.6) is 0 Å². The average Bonchev–Trinajstić information content (AvgIpc) is 2.25. The molecule has 0 spiro atoms. The molecule has 1 saturated heterocycles. The zero-order chi connectivity index (χ0) is 10.1.